The van der Waals surface area contributed by atoms with E-state index >= 15 is 0 Å². The molecule has 1 saturated heterocycles. The molecule has 0 spiro atoms. The molecule has 0 bridgehead atoms. The highest BCUT2D eigenvalue weighted by atomic mass is 32.1. The van der Waals surface area contributed by atoms with Gasteiger partial charge in [0.05, 0.1) is 23.6 Å². The monoisotopic (exact) mass is 445 g/mol. The van der Waals surface area contributed by atoms with Gasteiger partial charge in [-0.3, -0.25) is 10.00 Å². The van der Waals surface area contributed by atoms with Gasteiger partial charge in [-0.2, -0.15) is 5.10 Å². The van der Waals surface area contributed by atoms with Gasteiger partial charge in [0.15, 0.2) is 11.5 Å². The van der Waals surface area contributed by atoms with Crippen LogP contribution < -0.4 is 5.32 Å². The molecule has 0 unspecified atom stereocenters. The standard InChI is InChI=1S/C22H23N9S/c1-29-6-8-30(9-7-29)13-17-14-32-22(26-17)19-12-23-21-5-4-20(28-31(19)21)25-16-2-3-18-15(10-16)11-24-27-18/h2-5,10-12,14H,6-9,13H2,1H3,(H,24,27)(H,25,28). The molecule has 2 N–H and O–H groups in total. The van der Waals surface area contributed by atoms with Gasteiger partial charge in [-0.1, -0.05) is 0 Å². The minimum Gasteiger partial charge on any atom is -0.339 e. The van der Waals surface area contributed by atoms with Crippen molar-refractivity contribution in [2.75, 3.05) is 38.5 Å². The summed E-state index contributed by atoms with van der Waals surface area (Å²) < 4.78 is 1.86. The number of imidazole rings is 1. The van der Waals surface area contributed by atoms with Crippen molar-refractivity contribution in [2.24, 2.45) is 0 Å². The molecule has 1 aromatic carbocycles. The third-order valence-electron chi connectivity index (χ3n) is 5.83. The Hall–Kier alpha value is -3.34. The molecule has 6 rings (SSSR count). The summed E-state index contributed by atoms with van der Waals surface area (Å²) in [4.78, 5) is 14.2. The minimum atomic E-state index is 0.744. The summed E-state index contributed by atoms with van der Waals surface area (Å²) >= 11 is 1.64. The molecule has 32 heavy (non-hydrogen) atoms. The van der Waals surface area contributed by atoms with Crippen LogP contribution in [-0.4, -0.2) is 72.8 Å². The number of aromatic amines is 1. The Kier molecular flexibility index (Phi) is 4.82. The van der Waals surface area contributed by atoms with Gasteiger partial charge in [0.1, 0.15) is 10.7 Å². The van der Waals surface area contributed by atoms with Gasteiger partial charge in [-0.05, 0) is 37.4 Å². The smallest absolute Gasteiger partial charge is 0.154 e. The van der Waals surface area contributed by atoms with Crippen molar-refractivity contribution in [1.82, 2.24) is 39.6 Å². The molecule has 9 nitrogen and oxygen atoms in total. The number of hydrogen-bond acceptors (Lipinski definition) is 8. The lowest BCUT2D eigenvalue weighted by atomic mass is 10.2. The molecule has 5 aromatic rings. The molecule has 1 aliphatic rings. The van der Waals surface area contributed by atoms with Crippen LogP contribution in [0.4, 0.5) is 11.5 Å². The maximum atomic E-state index is 4.89. The van der Waals surface area contributed by atoms with E-state index in [4.69, 9.17) is 10.1 Å². The van der Waals surface area contributed by atoms with Gasteiger partial charge in [-0.15, -0.1) is 16.4 Å². The number of likely N-dealkylation sites (N-methyl/N-ethyl adjacent to an activating group) is 1. The third kappa shape index (κ3) is 3.72. The summed E-state index contributed by atoms with van der Waals surface area (Å²) in [5.41, 5.74) is 4.77. The summed E-state index contributed by atoms with van der Waals surface area (Å²) in [6, 6.07) is 9.96. The number of anilines is 2. The van der Waals surface area contributed by atoms with Crippen molar-refractivity contribution in [3.05, 3.63) is 53.8 Å². The zero-order valence-electron chi connectivity index (χ0n) is 17.7. The maximum absolute atomic E-state index is 4.89. The van der Waals surface area contributed by atoms with E-state index in [9.17, 15) is 0 Å². The first-order chi connectivity index (χ1) is 15.7. The Bertz CT molecular complexity index is 1380. The van der Waals surface area contributed by atoms with Gasteiger partial charge in [0.25, 0.3) is 0 Å². The number of H-pyrrole nitrogens is 1. The molecule has 0 saturated carbocycles. The number of nitrogens with one attached hydrogen (secondary N) is 2. The zero-order valence-corrected chi connectivity index (χ0v) is 18.5. The van der Waals surface area contributed by atoms with Crippen LogP contribution in [0, 0.1) is 0 Å². The number of aromatic nitrogens is 6. The molecule has 0 atom stereocenters. The Morgan fingerprint density at radius 3 is 2.91 bits per heavy atom. The lowest BCUT2D eigenvalue weighted by Gasteiger charge is -2.31. The molecule has 10 heteroatoms. The molecular weight excluding hydrogens is 422 g/mol. The Morgan fingerprint density at radius 1 is 1.09 bits per heavy atom. The average Bonchev–Trinajstić information content (AvgIpc) is 3.54. The zero-order chi connectivity index (χ0) is 21.5. The fraction of sp³-hybridized carbons (Fsp3) is 0.273. The first-order valence-corrected chi connectivity index (χ1v) is 11.5. The number of thiazole rings is 1. The topological polar surface area (TPSA) is 90.3 Å². The van der Waals surface area contributed by atoms with E-state index in [1.807, 2.05) is 47.2 Å². The third-order valence-corrected chi connectivity index (χ3v) is 6.74. The highest BCUT2D eigenvalue weighted by molar-refractivity contribution is 7.13. The SMILES string of the molecule is CN1CCN(Cc2csc(-c3cnc4ccc(Nc5ccc6[nH]ncc6c5)nn34)n2)CC1. The van der Waals surface area contributed by atoms with Crippen LogP contribution in [0.2, 0.25) is 0 Å². The predicted molar refractivity (Wildman–Crippen MR) is 126 cm³/mol. The number of piperazine rings is 1. The van der Waals surface area contributed by atoms with Crippen LogP contribution in [0.15, 0.2) is 48.1 Å². The molecule has 4 aromatic heterocycles. The number of hydrogen-bond donors (Lipinski definition) is 2. The molecule has 5 heterocycles. The lowest BCUT2D eigenvalue weighted by molar-refractivity contribution is 0.147. The van der Waals surface area contributed by atoms with Crippen LogP contribution in [-0.2, 0) is 6.54 Å². The number of nitrogens with zero attached hydrogens (tertiary/aromatic N) is 7. The Balaban J connectivity index is 1.24. The number of fused-ring (bicyclic) bond motifs is 2. The van der Waals surface area contributed by atoms with E-state index in [0.29, 0.717) is 0 Å². The average molecular weight is 446 g/mol. The molecule has 0 amide bonds. The van der Waals surface area contributed by atoms with E-state index in [1.165, 1.54) is 0 Å². The fourth-order valence-corrected chi connectivity index (χ4v) is 4.79. The second kappa shape index (κ2) is 7.97. The quantitative estimate of drug-likeness (QED) is 0.429. The normalized spacial score (nSPS) is 15.7. The molecule has 1 aliphatic heterocycles. The van der Waals surface area contributed by atoms with Crippen molar-refractivity contribution in [2.45, 2.75) is 6.54 Å². The van der Waals surface area contributed by atoms with E-state index in [-0.39, 0.29) is 0 Å². The van der Waals surface area contributed by atoms with Crippen molar-refractivity contribution in [3.8, 4) is 10.7 Å². The first kappa shape index (κ1) is 19.4. The van der Waals surface area contributed by atoms with Crippen molar-refractivity contribution in [1.29, 1.82) is 0 Å². The maximum Gasteiger partial charge on any atom is 0.154 e. The summed E-state index contributed by atoms with van der Waals surface area (Å²) in [5.74, 6) is 0.744. The highest BCUT2D eigenvalue weighted by Crippen LogP contribution is 2.26. The molecule has 162 valence electrons. The summed E-state index contributed by atoms with van der Waals surface area (Å²) in [5, 5.41) is 19.3. The molecule has 0 radical (unpaired) electrons. The second-order valence-corrected chi connectivity index (χ2v) is 9.01. The van der Waals surface area contributed by atoms with Gasteiger partial charge in [0, 0.05) is 49.2 Å². The first-order valence-electron chi connectivity index (χ1n) is 10.6. The van der Waals surface area contributed by atoms with Gasteiger partial charge in [-0.25, -0.2) is 14.5 Å². The van der Waals surface area contributed by atoms with Gasteiger partial charge < -0.3 is 10.2 Å². The van der Waals surface area contributed by atoms with E-state index in [0.717, 1.165) is 77.2 Å². The van der Waals surface area contributed by atoms with Gasteiger partial charge >= 0.3 is 0 Å². The van der Waals surface area contributed by atoms with Crippen LogP contribution in [0.3, 0.4) is 0 Å². The molecule has 0 aliphatic carbocycles. The van der Waals surface area contributed by atoms with Crippen molar-refractivity contribution in [3.63, 3.8) is 0 Å². The van der Waals surface area contributed by atoms with Crippen LogP contribution in [0.5, 0.6) is 0 Å². The fourth-order valence-electron chi connectivity index (χ4n) is 3.99. The highest BCUT2D eigenvalue weighted by Gasteiger charge is 2.17. The summed E-state index contributed by atoms with van der Waals surface area (Å²) in [6.45, 7) is 5.27. The summed E-state index contributed by atoms with van der Waals surface area (Å²) in [6.07, 6.45) is 3.66. The minimum absolute atomic E-state index is 0.744. The predicted octanol–water partition coefficient (Wildman–Crippen LogP) is 3.22. The van der Waals surface area contributed by atoms with Crippen molar-refractivity contribution >= 4 is 39.4 Å². The van der Waals surface area contributed by atoms with E-state index < -0.39 is 0 Å². The van der Waals surface area contributed by atoms with Crippen LogP contribution in [0.1, 0.15) is 5.69 Å². The second-order valence-electron chi connectivity index (χ2n) is 8.15. The Morgan fingerprint density at radius 2 is 2.00 bits per heavy atom. The number of benzene rings is 1. The van der Waals surface area contributed by atoms with E-state index in [2.05, 4.69) is 42.7 Å². The molecule has 1 fully saturated rings. The van der Waals surface area contributed by atoms with Crippen LogP contribution in [0.25, 0.3) is 27.3 Å². The van der Waals surface area contributed by atoms with E-state index in [1.54, 1.807) is 11.3 Å². The molecular formula is C22H23N9S. The van der Waals surface area contributed by atoms with Crippen molar-refractivity contribution < 1.29 is 0 Å². The lowest BCUT2D eigenvalue weighted by Crippen LogP contribution is -2.43. The van der Waals surface area contributed by atoms with Crippen LogP contribution >= 0.6 is 11.3 Å². The largest absolute Gasteiger partial charge is 0.339 e. The Labute approximate surface area is 188 Å². The summed E-state index contributed by atoms with van der Waals surface area (Å²) in [7, 11) is 2.18. The number of rotatable bonds is 5. The van der Waals surface area contributed by atoms with Gasteiger partial charge in [0.2, 0.25) is 0 Å².